The molecule has 1 saturated carbocycles. The van der Waals surface area contributed by atoms with Gasteiger partial charge in [0.1, 0.15) is 5.54 Å². The van der Waals surface area contributed by atoms with Crippen LogP contribution in [0.25, 0.3) is 0 Å². The molecule has 4 nitrogen and oxygen atoms in total. The van der Waals surface area contributed by atoms with E-state index in [2.05, 4.69) is 34.5 Å². The van der Waals surface area contributed by atoms with Gasteiger partial charge in [-0.1, -0.05) is 18.2 Å². The number of nitrogens with zero attached hydrogens (tertiary/aromatic N) is 1. The Morgan fingerprint density at radius 3 is 2.86 bits per heavy atom. The first-order valence-electron chi connectivity index (χ1n) is 7.81. The normalized spacial score (nSPS) is 20.6. The van der Waals surface area contributed by atoms with Crippen molar-refractivity contribution in [1.29, 1.82) is 0 Å². The first-order valence-corrected chi connectivity index (χ1v) is 7.81. The van der Waals surface area contributed by atoms with Crippen molar-refractivity contribution in [2.45, 2.75) is 31.2 Å². The fourth-order valence-corrected chi connectivity index (χ4v) is 3.58. The molecule has 0 spiro atoms. The van der Waals surface area contributed by atoms with E-state index in [1.807, 2.05) is 7.05 Å². The first-order chi connectivity index (χ1) is 10.2. The zero-order valence-corrected chi connectivity index (χ0v) is 12.9. The molecule has 1 fully saturated rings. The summed E-state index contributed by atoms with van der Waals surface area (Å²) in [5.41, 5.74) is 2.08. The van der Waals surface area contributed by atoms with Crippen LogP contribution in [0, 0.1) is 5.92 Å². The number of para-hydroxylation sites is 1. The maximum Gasteiger partial charge on any atom is 0.328 e. The molecule has 114 valence electrons. The number of likely N-dealkylation sites (N-methyl/N-ethyl adjacent to an activating group) is 1. The highest BCUT2D eigenvalue weighted by molar-refractivity contribution is 5.83. The van der Waals surface area contributed by atoms with Crippen molar-refractivity contribution in [2.75, 3.05) is 32.1 Å². The highest BCUT2D eigenvalue weighted by Gasteiger charge is 2.52. The number of esters is 1. The van der Waals surface area contributed by atoms with Crippen molar-refractivity contribution >= 4 is 11.7 Å². The SMILES string of the molecule is CNC(CN1CCCc2ccccc21)(C(=O)OC)C1CC1. The summed E-state index contributed by atoms with van der Waals surface area (Å²) >= 11 is 0. The summed E-state index contributed by atoms with van der Waals surface area (Å²) in [6.45, 7) is 1.70. The first kappa shape index (κ1) is 14.4. The van der Waals surface area contributed by atoms with E-state index >= 15 is 0 Å². The molecule has 1 unspecified atom stereocenters. The van der Waals surface area contributed by atoms with Crippen molar-refractivity contribution in [2.24, 2.45) is 5.92 Å². The van der Waals surface area contributed by atoms with E-state index in [0.29, 0.717) is 12.5 Å². The number of benzene rings is 1. The van der Waals surface area contributed by atoms with Crippen LogP contribution >= 0.6 is 0 Å². The van der Waals surface area contributed by atoms with Crippen LogP contribution in [0.5, 0.6) is 0 Å². The second-order valence-electron chi connectivity index (χ2n) is 6.14. The Labute approximate surface area is 126 Å². The smallest absolute Gasteiger partial charge is 0.328 e. The predicted octanol–water partition coefficient (Wildman–Crippen LogP) is 1.98. The topological polar surface area (TPSA) is 41.6 Å². The lowest BCUT2D eigenvalue weighted by molar-refractivity contribution is -0.149. The third kappa shape index (κ3) is 2.53. The van der Waals surface area contributed by atoms with Crippen LogP contribution in [0.15, 0.2) is 24.3 Å². The van der Waals surface area contributed by atoms with Crippen LogP contribution in [-0.2, 0) is 16.0 Å². The average molecular weight is 288 g/mol. The van der Waals surface area contributed by atoms with Gasteiger partial charge in [0.2, 0.25) is 0 Å². The van der Waals surface area contributed by atoms with Gasteiger partial charge in [0.25, 0.3) is 0 Å². The lowest BCUT2D eigenvalue weighted by atomic mass is 9.90. The lowest BCUT2D eigenvalue weighted by Crippen LogP contribution is -2.60. The highest BCUT2D eigenvalue weighted by Crippen LogP contribution is 2.42. The molecule has 2 aliphatic rings. The maximum atomic E-state index is 12.4. The Morgan fingerprint density at radius 2 is 2.19 bits per heavy atom. The van der Waals surface area contributed by atoms with Gasteiger partial charge in [0, 0.05) is 18.8 Å². The van der Waals surface area contributed by atoms with E-state index in [0.717, 1.165) is 32.2 Å². The zero-order chi connectivity index (χ0) is 14.9. The number of hydrogen-bond acceptors (Lipinski definition) is 4. The molecule has 0 saturated heterocycles. The van der Waals surface area contributed by atoms with E-state index in [1.165, 1.54) is 18.4 Å². The van der Waals surface area contributed by atoms with Crippen molar-refractivity contribution < 1.29 is 9.53 Å². The molecule has 0 radical (unpaired) electrons. The molecular formula is C17H24N2O2. The molecule has 1 aromatic rings. The Morgan fingerprint density at radius 1 is 1.43 bits per heavy atom. The molecule has 1 atom stereocenters. The average Bonchev–Trinajstić information content (AvgIpc) is 3.37. The van der Waals surface area contributed by atoms with Gasteiger partial charge < -0.3 is 15.0 Å². The number of rotatable bonds is 5. The third-order valence-corrected chi connectivity index (χ3v) is 4.92. The molecule has 1 N–H and O–H groups in total. The van der Waals surface area contributed by atoms with Gasteiger partial charge in [-0.05, 0) is 50.3 Å². The van der Waals surface area contributed by atoms with Gasteiger partial charge in [0.05, 0.1) is 7.11 Å². The molecule has 21 heavy (non-hydrogen) atoms. The van der Waals surface area contributed by atoms with Crippen molar-refractivity contribution in [1.82, 2.24) is 5.32 Å². The molecule has 1 heterocycles. The second kappa shape index (κ2) is 5.68. The van der Waals surface area contributed by atoms with E-state index in [-0.39, 0.29) is 5.97 Å². The van der Waals surface area contributed by atoms with Crippen molar-refractivity contribution in [3.05, 3.63) is 29.8 Å². The largest absolute Gasteiger partial charge is 0.468 e. The number of aryl methyl sites for hydroxylation is 1. The quantitative estimate of drug-likeness (QED) is 0.841. The second-order valence-corrected chi connectivity index (χ2v) is 6.14. The standard InChI is InChI=1S/C17H24N2O2/c1-18-17(14-9-10-14,16(20)21-2)12-19-11-5-7-13-6-3-4-8-15(13)19/h3-4,6,8,14,18H,5,7,9-12H2,1-2H3. The van der Waals surface area contributed by atoms with Crippen LogP contribution in [0.1, 0.15) is 24.8 Å². The molecule has 1 aliphatic carbocycles. The predicted molar refractivity (Wildman–Crippen MR) is 83.5 cm³/mol. The van der Waals surface area contributed by atoms with E-state index in [4.69, 9.17) is 4.74 Å². The maximum absolute atomic E-state index is 12.4. The van der Waals surface area contributed by atoms with Gasteiger partial charge >= 0.3 is 5.97 Å². The van der Waals surface area contributed by atoms with E-state index in [9.17, 15) is 4.79 Å². The fraction of sp³-hybridized carbons (Fsp3) is 0.588. The number of carbonyl (C=O) groups excluding carboxylic acids is 1. The summed E-state index contributed by atoms with van der Waals surface area (Å²) in [6.07, 6.45) is 4.47. The minimum atomic E-state index is -0.570. The van der Waals surface area contributed by atoms with Crippen LogP contribution in [-0.4, -0.2) is 38.8 Å². The Balaban J connectivity index is 1.89. The molecule has 1 aliphatic heterocycles. The van der Waals surface area contributed by atoms with Gasteiger partial charge in [-0.3, -0.25) is 0 Å². The Bertz CT molecular complexity index is 527. The van der Waals surface area contributed by atoms with Gasteiger partial charge in [-0.25, -0.2) is 4.79 Å². The zero-order valence-electron chi connectivity index (χ0n) is 12.9. The summed E-state index contributed by atoms with van der Waals surface area (Å²) in [5.74, 6) is 0.264. The minimum Gasteiger partial charge on any atom is -0.468 e. The van der Waals surface area contributed by atoms with Gasteiger partial charge in [0.15, 0.2) is 0 Å². The molecular weight excluding hydrogens is 264 g/mol. The molecule has 0 bridgehead atoms. The number of hydrogen-bond donors (Lipinski definition) is 1. The summed E-state index contributed by atoms with van der Waals surface area (Å²) in [4.78, 5) is 14.8. The number of fused-ring (bicyclic) bond motifs is 1. The molecule has 1 aromatic carbocycles. The van der Waals surface area contributed by atoms with Crippen molar-refractivity contribution in [3.63, 3.8) is 0 Å². The molecule has 3 rings (SSSR count). The van der Waals surface area contributed by atoms with Crippen LogP contribution in [0.3, 0.4) is 0 Å². The minimum absolute atomic E-state index is 0.129. The van der Waals surface area contributed by atoms with E-state index < -0.39 is 5.54 Å². The number of methoxy groups -OCH3 is 1. The molecule has 0 aromatic heterocycles. The summed E-state index contributed by atoms with van der Waals surface area (Å²) < 4.78 is 5.11. The monoisotopic (exact) mass is 288 g/mol. The number of carbonyl (C=O) groups is 1. The summed E-state index contributed by atoms with van der Waals surface area (Å²) in [6, 6.07) is 8.53. The Hall–Kier alpha value is -1.55. The number of nitrogens with one attached hydrogen (secondary N) is 1. The molecule has 0 amide bonds. The summed E-state index contributed by atoms with van der Waals surface area (Å²) in [7, 11) is 3.37. The van der Waals surface area contributed by atoms with Crippen LogP contribution in [0.4, 0.5) is 5.69 Å². The lowest BCUT2D eigenvalue weighted by Gasteiger charge is -2.40. The molecule has 4 heteroatoms. The third-order valence-electron chi connectivity index (χ3n) is 4.92. The van der Waals surface area contributed by atoms with Crippen molar-refractivity contribution in [3.8, 4) is 0 Å². The highest BCUT2D eigenvalue weighted by atomic mass is 16.5. The number of anilines is 1. The van der Waals surface area contributed by atoms with E-state index in [1.54, 1.807) is 0 Å². The number of ether oxygens (including phenoxy) is 1. The fourth-order valence-electron chi connectivity index (χ4n) is 3.58. The Kier molecular flexibility index (Phi) is 3.89. The van der Waals surface area contributed by atoms with Gasteiger partial charge in [-0.2, -0.15) is 0 Å². The van der Waals surface area contributed by atoms with Crippen LogP contribution in [0.2, 0.25) is 0 Å². The van der Waals surface area contributed by atoms with Crippen LogP contribution < -0.4 is 10.2 Å². The van der Waals surface area contributed by atoms with Gasteiger partial charge in [-0.15, -0.1) is 0 Å². The summed E-state index contributed by atoms with van der Waals surface area (Å²) in [5, 5.41) is 3.29.